The molecule has 2 aliphatic heterocycles. The van der Waals surface area contributed by atoms with Gasteiger partial charge in [-0.25, -0.2) is 0 Å². The van der Waals surface area contributed by atoms with E-state index in [1.807, 2.05) is 6.92 Å². The quantitative estimate of drug-likeness (QED) is 0.477. The van der Waals surface area contributed by atoms with Crippen LogP contribution in [0.1, 0.15) is 26.7 Å². The first-order valence-corrected chi connectivity index (χ1v) is 5.00. The molecule has 0 amide bonds. The van der Waals surface area contributed by atoms with Gasteiger partial charge in [-0.3, -0.25) is 4.90 Å². The second kappa shape index (κ2) is 3.01. The number of nitrogens with zero attached hydrogens (tertiary/aromatic N) is 1. The van der Waals surface area contributed by atoms with Gasteiger partial charge in [-0.15, -0.1) is 5.92 Å². The Morgan fingerprint density at radius 2 is 2.46 bits per heavy atom. The number of fused-ring (bicyclic) bond motifs is 1. The molecule has 0 saturated carbocycles. The molecule has 13 heavy (non-hydrogen) atoms. The lowest BCUT2D eigenvalue weighted by atomic mass is 9.80. The van der Waals surface area contributed by atoms with Crippen LogP contribution in [0.15, 0.2) is 0 Å². The van der Waals surface area contributed by atoms with E-state index < -0.39 is 0 Å². The number of methoxy groups -OCH3 is 1. The number of hydrogen-bond donors (Lipinski definition) is 0. The maximum Gasteiger partial charge on any atom is 0.136 e. The molecule has 2 aliphatic rings. The summed E-state index contributed by atoms with van der Waals surface area (Å²) in [6.07, 6.45) is 2.54. The summed E-state index contributed by atoms with van der Waals surface area (Å²) in [7, 11) is 1.77. The highest BCUT2D eigenvalue weighted by Gasteiger charge is 2.64. The fourth-order valence-corrected chi connectivity index (χ4v) is 2.65. The summed E-state index contributed by atoms with van der Waals surface area (Å²) in [5.41, 5.74) is 0.252. The molecule has 0 aromatic rings. The van der Waals surface area contributed by atoms with E-state index in [-0.39, 0.29) is 11.6 Å². The lowest BCUT2D eigenvalue weighted by molar-refractivity contribution is -0.0290. The molecule has 0 N–H and O–H groups in total. The average Bonchev–Trinajstić information content (AvgIpc) is 2.79. The molecule has 4 atom stereocenters. The molecule has 72 valence electrons. The van der Waals surface area contributed by atoms with E-state index in [0.717, 1.165) is 12.5 Å². The van der Waals surface area contributed by atoms with Crippen molar-refractivity contribution in [3.8, 4) is 11.8 Å². The maximum atomic E-state index is 5.47. The number of hydrogen-bond acceptors (Lipinski definition) is 2. The van der Waals surface area contributed by atoms with Crippen LogP contribution in [0.5, 0.6) is 0 Å². The van der Waals surface area contributed by atoms with Crippen LogP contribution in [0.25, 0.3) is 0 Å². The summed E-state index contributed by atoms with van der Waals surface area (Å²) in [5.74, 6) is 6.13. The predicted molar refractivity (Wildman–Crippen MR) is 52.4 cm³/mol. The third-order valence-corrected chi connectivity index (χ3v) is 3.49. The lowest BCUT2D eigenvalue weighted by Gasteiger charge is -2.45. The molecule has 2 heteroatoms. The SMILES string of the molecule is CC#CC(OC)C1(CC)CC2CN21. The molecule has 0 radical (unpaired) electrons. The summed E-state index contributed by atoms with van der Waals surface area (Å²) in [4.78, 5) is 2.52. The van der Waals surface area contributed by atoms with Crippen LogP contribution < -0.4 is 0 Å². The molecule has 0 spiro atoms. The van der Waals surface area contributed by atoms with Gasteiger partial charge in [0, 0.05) is 19.7 Å². The van der Waals surface area contributed by atoms with Crippen LogP contribution in [0.4, 0.5) is 0 Å². The largest absolute Gasteiger partial charge is 0.367 e. The van der Waals surface area contributed by atoms with Crippen LogP contribution in [-0.2, 0) is 4.74 Å². The van der Waals surface area contributed by atoms with Gasteiger partial charge in [-0.2, -0.15) is 0 Å². The summed E-state index contributed by atoms with van der Waals surface area (Å²) < 4.78 is 5.47. The van der Waals surface area contributed by atoms with Gasteiger partial charge in [-0.05, 0) is 19.8 Å². The molecule has 0 aromatic heterocycles. The first-order valence-electron chi connectivity index (χ1n) is 5.00. The van der Waals surface area contributed by atoms with Crippen molar-refractivity contribution in [3.05, 3.63) is 0 Å². The topological polar surface area (TPSA) is 12.2 Å². The number of ether oxygens (including phenoxy) is 1. The van der Waals surface area contributed by atoms with E-state index in [9.17, 15) is 0 Å². The minimum Gasteiger partial charge on any atom is -0.367 e. The van der Waals surface area contributed by atoms with Gasteiger partial charge in [0.25, 0.3) is 0 Å². The van der Waals surface area contributed by atoms with Gasteiger partial charge in [0.1, 0.15) is 6.10 Å². The maximum absolute atomic E-state index is 5.47. The van der Waals surface area contributed by atoms with Crippen LogP contribution in [0, 0.1) is 11.8 Å². The Labute approximate surface area is 80.2 Å². The van der Waals surface area contributed by atoms with Crippen LogP contribution in [0.3, 0.4) is 0 Å². The molecule has 2 rings (SSSR count). The summed E-state index contributed by atoms with van der Waals surface area (Å²) >= 11 is 0. The fraction of sp³-hybridized carbons (Fsp3) is 0.818. The molecular weight excluding hydrogens is 162 g/mol. The Morgan fingerprint density at radius 3 is 2.77 bits per heavy atom. The normalized spacial score (nSPS) is 42.4. The van der Waals surface area contributed by atoms with Gasteiger partial charge in [0.05, 0.1) is 5.54 Å². The summed E-state index contributed by atoms with van der Waals surface area (Å²) in [6, 6.07) is 0.858. The monoisotopic (exact) mass is 179 g/mol. The van der Waals surface area contributed by atoms with Crippen LogP contribution >= 0.6 is 0 Å². The first-order chi connectivity index (χ1) is 6.28. The van der Waals surface area contributed by atoms with Gasteiger partial charge in [0.15, 0.2) is 0 Å². The van der Waals surface area contributed by atoms with Crippen LogP contribution in [-0.4, -0.2) is 36.2 Å². The second-order valence-electron chi connectivity index (χ2n) is 3.98. The standard InChI is InChI=1S/C11H17NO/c1-4-6-10(13-3)11(5-2)7-9-8-12(9)11/h9-10H,5,7-8H2,1-3H3. The van der Waals surface area contributed by atoms with Gasteiger partial charge in [-0.1, -0.05) is 12.8 Å². The Kier molecular flexibility index (Phi) is 2.09. The van der Waals surface area contributed by atoms with Crippen molar-refractivity contribution >= 4 is 0 Å². The molecule has 2 heterocycles. The van der Waals surface area contributed by atoms with Crippen molar-refractivity contribution in [1.82, 2.24) is 4.90 Å². The molecule has 2 nitrogen and oxygen atoms in total. The van der Waals surface area contributed by atoms with Gasteiger partial charge >= 0.3 is 0 Å². The van der Waals surface area contributed by atoms with Crippen molar-refractivity contribution < 1.29 is 4.74 Å². The molecule has 2 fully saturated rings. The lowest BCUT2D eigenvalue weighted by Crippen LogP contribution is -2.57. The van der Waals surface area contributed by atoms with Crippen molar-refractivity contribution in [2.75, 3.05) is 13.7 Å². The average molecular weight is 179 g/mol. The zero-order valence-electron chi connectivity index (χ0n) is 8.63. The molecule has 4 unspecified atom stereocenters. The summed E-state index contributed by atoms with van der Waals surface area (Å²) in [5, 5.41) is 0. The Balaban J connectivity index is 2.13. The zero-order valence-corrected chi connectivity index (χ0v) is 8.63. The third kappa shape index (κ3) is 1.11. The van der Waals surface area contributed by atoms with Gasteiger partial charge in [0.2, 0.25) is 0 Å². The highest BCUT2D eigenvalue weighted by atomic mass is 16.5. The highest BCUT2D eigenvalue weighted by Crippen LogP contribution is 2.51. The van der Waals surface area contributed by atoms with Crippen LogP contribution in [0.2, 0.25) is 0 Å². The molecule has 0 bridgehead atoms. The van der Waals surface area contributed by atoms with E-state index >= 15 is 0 Å². The van der Waals surface area contributed by atoms with E-state index in [1.165, 1.54) is 13.0 Å². The van der Waals surface area contributed by atoms with Crippen molar-refractivity contribution in [2.45, 2.75) is 44.4 Å². The van der Waals surface area contributed by atoms with E-state index in [2.05, 4.69) is 23.7 Å². The highest BCUT2D eigenvalue weighted by molar-refractivity contribution is 5.26. The summed E-state index contributed by atoms with van der Waals surface area (Å²) in [6.45, 7) is 5.38. The van der Waals surface area contributed by atoms with Crippen molar-refractivity contribution in [2.24, 2.45) is 0 Å². The first kappa shape index (κ1) is 9.05. The van der Waals surface area contributed by atoms with Crippen molar-refractivity contribution in [3.63, 3.8) is 0 Å². The smallest absolute Gasteiger partial charge is 0.136 e. The minimum absolute atomic E-state index is 0.112. The van der Waals surface area contributed by atoms with E-state index in [1.54, 1.807) is 7.11 Å². The fourth-order valence-electron chi connectivity index (χ4n) is 2.65. The third-order valence-electron chi connectivity index (χ3n) is 3.49. The predicted octanol–water partition coefficient (Wildman–Crippen LogP) is 1.26. The van der Waals surface area contributed by atoms with E-state index in [0.29, 0.717) is 0 Å². The number of rotatable bonds is 3. The molecule has 0 aliphatic carbocycles. The minimum atomic E-state index is 0.112. The Morgan fingerprint density at radius 1 is 1.69 bits per heavy atom. The second-order valence-corrected chi connectivity index (χ2v) is 3.98. The molecular formula is C11H17NO. The van der Waals surface area contributed by atoms with E-state index in [4.69, 9.17) is 4.74 Å². The van der Waals surface area contributed by atoms with Gasteiger partial charge < -0.3 is 4.74 Å². The molecule has 2 saturated heterocycles. The zero-order chi connectivity index (χ0) is 9.47. The Hall–Kier alpha value is -0.520. The Bertz CT molecular complexity index is 265. The molecule has 0 aromatic carbocycles. The van der Waals surface area contributed by atoms with Crippen molar-refractivity contribution in [1.29, 1.82) is 0 Å².